The molecule has 0 radical (unpaired) electrons. The van der Waals surface area contributed by atoms with Crippen LogP contribution in [0, 0.1) is 13.8 Å². The molecule has 0 aliphatic rings. The third kappa shape index (κ3) is 2.58. The van der Waals surface area contributed by atoms with Gasteiger partial charge in [-0.1, -0.05) is 26.3 Å². The van der Waals surface area contributed by atoms with Crippen LogP contribution in [0.2, 0.25) is 0 Å². The summed E-state index contributed by atoms with van der Waals surface area (Å²) in [6, 6.07) is 5.97. The molecule has 0 aliphatic carbocycles. The standard InChI is InChI=1S/C14H20N4/c1-5-7-10(2)14-16-12(4)17-18(14)13-9-6-8-11(3)15-13/h6,8-10H,5,7H2,1-4H3/t10-/m0/s1. The molecular weight excluding hydrogens is 224 g/mol. The molecule has 0 bridgehead atoms. The van der Waals surface area contributed by atoms with Gasteiger partial charge in [0.05, 0.1) is 0 Å². The average Bonchev–Trinajstić information content (AvgIpc) is 2.72. The van der Waals surface area contributed by atoms with Crippen LogP contribution >= 0.6 is 0 Å². The van der Waals surface area contributed by atoms with Crippen LogP contribution < -0.4 is 0 Å². The van der Waals surface area contributed by atoms with Crippen molar-refractivity contribution >= 4 is 0 Å². The SMILES string of the molecule is CCC[C@H](C)c1nc(C)nn1-c1cccc(C)n1. The van der Waals surface area contributed by atoms with Gasteiger partial charge in [-0.25, -0.2) is 9.97 Å². The minimum Gasteiger partial charge on any atom is -0.234 e. The maximum Gasteiger partial charge on any atom is 0.155 e. The molecule has 18 heavy (non-hydrogen) atoms. The van der Waals surface area contributed by atoms with Gasteiger partial charge in [-0.15, -0.1) is 5.10 Å². The van der Waals surface area contributed by atoms with Crippen molar-refractivity contribution in [2.75, 3.05) is 0 Å². The minimum absolute atomic E-state index is 0.401. The van der Waals surface area contributed by atoms with E-state index in [-0.39, 0.29) is 0 Å². The number of hydrogen-bond acceptors (Lipinski definition) is 3. The van der Waals surface area contributed by atoms with Gasteiger partial charge in [0.1, 0.15) is 11.6 Å². The van der Waals surface area contributed by atoms with Crippen LogP contribution in [0.3, 0.4) is 0 Å². The van der Waals surface area contributed by atoms with E-state index in [1.807, 2.05) is 36.7 Å². The second-order valence-electron chi connectivity index (χ2n) is 4.76. The maximum atomic E-state index is 4.55. The van der Waals surface area contributed by atoms with Gasteiger partial charge < -0.3 is 0 Å². The predicted octanol–water partition coefficient (Wildman–Crippen LogP) is 3.18. The van der Waals surface area contributed by atoms with Gasteiger partial charge in [-0.05, 0) is 32.4 Å². The Morgan fingerprint density at radius 3 is 2.67 bits per heavy atom. The summed E-state index contributed by atoms with van der Waals surface area (Å²) in [5.41, 5.74) is 0.995. The Morgan fingerprint density at radius 1 is 1.22 bits per heavy atom. The van der Waals surface area contributed by atoms with Crippen LogP contribution in [-0.2, 0) is 0 Å². The third-order valence-corrected chi connectivity index (χ3v) is 2.99. The number of nitrogens with zero attached hydrogens (tertiary/aromatic N) is 4. The van der Waals surface area contributed by atoms with E-state index < -0.39 is 0 Å². The highest BCUT2D eigenvalue weighted by Gasteiger charge is 2.16. The molecule has 4 nitrogen and oxygen atoms in total. The Morgan fingerprint density at radius 2 is 2.00 bits per heavy atom. The fraction of sp³-hybridized carbons (Fsp3) is 0.500. The Kier molecular flexibility index (Phi) is 3.75. The molecule has 0 spiro atoms. The molecule has 2 aromatic heterocycles. The summed E-state index contributed by atoms with van der Waals surface area (Å²) in [5.74, 6) is 3.07. The van der Waals surface area contributed by atoms with E-state index >= 15 is 0 Å². The lowest BCUT2D eigenvalue weighted by Gasteiger charge is -2.11. The van der Waals surface area contributed by atoms with E-state index in [0.29, 0.717) is 5.92 Å². The first-order chi connectivity index (χ1) is 8.61. The first-order valence-corrected chi connectivity index (χ1v) is 6.49. The van der Waals surface area contributed by atoms with Crippen LogP contribution in [0.25, 0.3) is 5.82 Å². The normalized spacial score (nSPS) is 12.7. The highest BCUT2D eigenvalue weighted by molar-refractivity contribution is 5.25. The van der Waals surface area contributed by atoms with Crippen molar-refractivity contribution in [1.29, 1.82) is 0 Å². The molecular formula is C14H20N4. The maximum absolute atomic E-state index is 4.55. The minimum atomic E-state index is 0.401. The smallest absolute Gasteiger partial charge is 0.155 e. The summed E-state index contributed by atoms with van der Waals surface area (Å²) in [6.45, 7) is 8.30. The second-order valence-corrected chi connectivity index (χ2v) is 4.76. The van der Waals surface area contributed by atoms with Crippen molar-refractivity contribution < 1.29 is 0 Å². The highest BCUT2D eigenvalue weighted by Crippen LogP contribution is 2.21. The molecule has 0 N–H and O–H groups in total. The summed E-state index contributed by atoms with van der Waals surface area (Å²) >= 11 is 0. The highest BCUT2D eigenvalue weighted by atomic mass is 15.4. The number of aromatic nitrogens is 4. The molecule has 96 valence electrons. The number of aryl methyl sites for hydroxylation is 2. The number of hydrogen-bond donors (Lipinski definition) is 0. The lowest BCUT2D eigenvalue weighted by atomic mass is 10.1. The molecule has 2 heterocycles. The van der Waals surface area contributed by atoms with E-state index in [4.69, 9.17) is 0 Å². The van der Waals surface area contributed by atoms with Crippen molar-refractivity contribution in [2.24, 2.45) is 0 Å². The molecule has 0 unspecified atom stereocenters. The van der Waals surface area contributed by atoms with E-state index in [0.717, 1.165) is 36.0 Å². The van der Waals surface area contributed by atoms with Gasteiger partial charge in [0.15, 0.2) is 5.82 Å². The molecule has 1 atom stereocenters. The quantitative estimate of drug-likeness (QED) is 0.829. The van der Waals surface area contributed by atoms with Crippen LogP contribution in [0.1, 0.15) is 49.9 Å². The van der Waals surface area contributed by atoms with Crippen LogP contribution in [0.15, 0.2) is 18.2 Å². The van der Waals surface area contributed by atoms with Crippen molar-refractivity contribution in [3.05, 3.63) is 35.5 Å². The Balaban J connectivity index is 2.44. The van der Waals surface area contributed by atoms with Gasteiger partial charge in [0, 0.05) is 11.6 Å². The zero-order chi connectivity index (χ0) is 13.1. The van der Waals surface area contributed by atoms with Gasteiger partial charge >= 0.3 is 0 Å². The van der Waals surface area contributed by atoms with Crippen molar-refractivity contribution in [1.82, 2.24) is 19.7 Å². The molecule has 0 saturated carbocycles. The summed E-state index contributed by atoms with van der Waals surface area (Å²) in [4.78, 5) is 9.07. The topological polar surface area (TPSA) is 43.6 Å². The van der Waals surface area contributed by atoms with Gasteiger partial charge in [0.2, 0.25) is 0 Å². The van der Waals surface area contributed by atoms with Crippen LogP contribution in [0.4, 0.5) is 0 Å². The molecule has 0 fully saturated rings. The fourth-order valence-electron chi connectivity index (χ4n) is 2.13. The van der Waals surface area contributed by atoms with Gasteiger partial charge in [-0.2, -0.15) is 4.68 Å². The second kappa shape index (κ2) is 5.29. The zero-order valence-corrected chi connectivity index (χ0v) is 11.5. The lowest BCUT2D eigenvalue weighted by Crippen LogP contribution is -2.08. The molecule has 4 heteroatoms. The molecule has 0 amide bonds. The van der Waals surface area contributed by atoms with Crippen LogP contribution in [-0.4, -0.2) is 19.7 Å². The first-order valence-electron chi connectivity index (χ1n) is 6.49. The monoisotopic (exact) mass is 244 g/mol. The van der Waals surface area contributed by atoms with Crippen molar-refractivity contribution in [3.63, 3.8) is 0 Å². The molecule has 0 aliphatic heterocycles. The van der Waals surface area contributed by atoms with Gasteiger partial charge in [0.25, 0.3) is 0 Å². The zero-order valence-electron chi connectivity index (χ0n) is 11.5. The summed E-state index contributed by atoms with van der Waals surface area (Å²) < 4.78 is 1.88. The third-order valence-electron chi connectivity index (χ3n) is 2.99. The Bertz CT molecular complexity index is 530. The van der Waals surface area contributed by atoms with E-state index in [2.05, 4.69) is 28.9 Å². The van der Waals surface area contributed by atoms with Crippen LogP contribution in [0.5, 0.6) is 0 Å². The molecule has 0 saturated heterocycles. The summed E-state index contributed by atoms with van der Waals surface area (Å²) in [7, 11) is 0. The summed E-state index contributed by atoms with van der Waals surface area (Å²) in [6.07, 6.45) is 2.26. The first kappa shape index (κ1) is 12.7. The van der Waals surface area contributed by atoms with E-state index in [1.165, 1.54) is 0 Å². The fourth-order valence-corrected chi connectivity index (χ4v) is 2.13. The Labute approximate surface area is 108 Å². The van der Waals surface area contributed by atoms with E-state index in [9.17, 15) is 0 Å². The largest absolute Gasteiger partial charge is 0.234 e. The average molecular weight is 244 g/mol. The van der Waals surface area contributed by atoms with E-state index in [1.54, 1.807) is 0 Å². The number of pyridine rings is 1. The predicted molar refractivity (Wildman–Crippen MR) is 72.0 cm³/mol. The van der Waals surface area contributed by atoms with Gasteiger partial charge in [-0.3, -0.25) is 0 Å². The lowest BCUT2D eigenvalue weighted by molar-refractivity contribution is 0.601. The van der Waals surface area contributed by atoms with Crippen molar-refractivity contribution in [3.8, 4) is 5.82 Å². The summed E-state index contributed by atoms with van der Waals surface area (Å²) in [5, 5.41) is 4.47. The van der Waals surface area contributed by atoms with Crippen molar-refractivity contribution in [2.45, 2.75) is 46.5 Å². The molecule has 2 rings (SSSR count). The molecule has 2 aromatic rings. The molecule has 0 aromatic carbocycles. The Hall–Kier alpha value is -1.71. The number of rotatable bonds is 4.